The summed E-state index contributed by atoms with van der Waals surface area (Å²) in [5.74, 6) is 0.900. The molecule has 0 atom stereocenters. The van der Waals surface area contributed by atoms with Crippen LogP contribution in [0.4, 0.5) is 0 Å². The Labute approximate surface area is 101 Å². The number of phenols is 2. The summed E-state index contributed by atoms with van der Waals surface area (Å²) >= 11 is 0. The van der Waals surface area contributed by atoms with Crippen LogP contribution in [0.1, 0.15) is 0 Å². The zero-order chi connectivity index (χ0) is 12.3. The summed E-state index contributed by atoms with van der Waals surface area (Å²) in [5.41, 5.74) is 1.13. The number of aromatic hydroxyl groups is 2. The van der Waals surface area contributed by atoms with Crippen LogP contribution in [-0.2, 0) is 0 Å². The highest BCUT2D eigenvalue weighted by molar-refractivity contribution is 6.07. The summed E-state index contributed by atoms with van der Waals surface area (Å²) in [4.78, 5) is 0. The molecular formula is C13H8O5. The Bertz CT molecular complexity index is 787. The van der Waals surface area contributed by atoms with Crippen molar-refractivity contribution in [3.05, 3.63) is 24.3 Å². The average molecular weight is 244 g/mol. The second-order valence-corrected chi connectivity index (χ2v) is 4.14. The van der Waals surface area contributed by atoms with Crippen molar-refractivity contribution in [2.75, 3.05) is 6.79 Å². The number of ether oxygens (including phenoxy) is 2. The minimum absolute atomic E-state index is 0.178. The highest BCUT2D eigenvalue weighted by Gasteiger charge is 2.18. The van der Waals surface area contributed by atoms with E-state index in [0.717, 1.165) is 10.8 Å². The number of fused-ring (bicyclic) bond motifs is 4. The molecule has 0 fully saturated rings. The number of rotatable bonds is 0. The molecule has 18 heavy (non-hydrogen) atoms. The fourth-order valence-corrected chi connectivity index (χ4v) is 2.19. The number of hydrogen-bond donors (Lipinski definition) is 2. The average Bonchev–Trinajstić information content (AvgIpc) is 2.91. The van der Waals surface area contributed by atoms with Crippen LogP contribution < -0.4 is 9.47 Å². The topological polar surface area (TPSA) is 72.1 Å². The Morgan fingerprint density at radius 3 is 2.22 bits per heavy atom. The smallest absolute Gasteiger partial charge is 0.231 e. The third kappa shape index (κ3) is 1.10. The Balaban J connectivity index is 2.14. The molecule has 2 heterocycles. The largest absolute Gasteiger partial charge is 0.504 e. The molecule has 1 aliphatic heterocycles. The Morgan fingerprint density at radius 1 is 0.778 bits per heavy atom. The van der Waals surface area contributed by atoms with Gasteiger partial charge in [0.25, 0.3) is 0 Å². The van der Waals surface area contributed by atoms with Crippen LogP contribution in [0.15, 0.2) is 28.7 Å². The number of furan rings is 1. The molecule has 4 rings (SSSR count). The summed E-state index contributed by atoms with van der Waals surface area (Å²) in [6, 6.07) is 6.40. The van der Waals surface area contributed by atoms with Gasteiger partial charge in [0.1, 0.15) is 11.2 Å². The third-order valence-electron chi connectivity index (χ3n) is 3.06. The second kappa shape index (κ2) is 3.01. The molecule has 2 aromatic carbocycles. The number of benzene rings is 2. The molecule has 0 amide bonds. The lowest BCUT2D eigenvalue weighted by Gasteiger charge is -1.96. The number of phenolic OH excluding ortho intramolecular Hbond substituents is 2. The van der Waals surface area contributed by atoms with E-state index in [1.165, 1.54) is 12.1 Å². The molecule has 2 N–H and O–H groups in total. The first-order valence-corrected chi connectivity index (χ1v) is 5.40. The quantitative estimate of drug-likeness (QED) is 0.595. The molecule has 1 aliphatic rings. The van der Waals surface area contributed by atoms with Crippen LogP contribution >= 0.6 is 0 Å². The monoisotopic (exact) mass is 244 g/mol. The van der Waals surface area contributed by atoms with E-state index in [0.29, 0.717) is 22.7 Å². The maximum absolute atomic E-state index is 9.54. The minimum Gasteiger partial charge on any atom is -0.504 e. The van der Waals surface area contributed by atoms with Crippen molar-refractivity contribution in [1.82, 2.24) is 0 Å². The van der Waals surface area contributed by atoms with Crippen LogP contribution in [0.5, 0.6) is 23.0 Å². The zero-order valence-corrected chi connectivity index (χ0v) is 9.14. The van der Waals surface area contributed by atoms with E-state index >= 15 is 0 Å². The molecule has 0 unspecified atom stereocenters. The lowest BCUT2D eigenvalue weighted by atomic mass is 10.1. The molecule has 5 nitrogen and oxygen atoms in total. The molecule has 5 heteroatoms. The van der Waals surface area contributed by atoms with Gasteiger partial charge in [-0.05, 0) is 12.1 Å². The van der Waals surface area contributed by atoms with Crippen molar-refractivity contribution in [3.8, 4) is 23.0 Å². The van der Waals surface area contributed by atoms with Gasteiger partial charge in [-0.2, -0.15) is 0 Å². The lowest BCUT2D eigenvalue weighted by molar-refractivity contribution is 0.174. The summed E-state index contributed by atoms with van der Waals surface area (Å²) in [7, 11) is 0. The summed E-state index contributed by atoms with van der Waals surface area (Å²) < 4.78 is 16.2. The zero-order valence-electron chi connectivity index (χ0n) is 9.14. The van der Waals surface area contributed by atoms with Crippen molar-refractivity contribution in [1.29, 1.82) is 0 Å². The van der Waals surface area contributed by atoms with Gasteiger partial charge in [-0.3, -0.25) is 0 Å². The van der Waals surface area contributed by atoms with E-state index in [9.17, 15) is 10.2 Å². The maximum atomic E-state index is 9.54. The van der Waals surface area contributed by atoms with Gasteiger partial charge in [0.2, 0.25) is 6.79 Å². The molecule has 1 aromatic heterocycles. The molecule has 0 saturated carbocycles. The van der Waals surface area contributed by atoms with Crippen LogP contribution in [0.25, 0.3) is 21.9 Å². The van der Waals surface area contributed by atoms with Crippen molar-refractivity contribution < 1.29 is 24.1 Å². The van der Waals surface area contributed by atoms with Gasteiger partial charge in [-0.1, -0.05) is 0 Å². The van der Waals surface area contributed by atoms with Crippen molar-refractivity contribution in [2.24, 2.45) is 0 Å². The highest BCUT2D eigenvalue weighted by Crippen LogP contribution is 2.42. The molecule has 3 aromatic rings. The van der Waals surface area contributed by atoms with Crippen LogP contribution in [0.2, 0.25) is 0 Å². The van der Waals surface area contributed by atoms with Gasteiger partial charge in [0, 0.05) is 22.9 Å². The lowest BCUT2D eigenvalue weighted by Crippen LogP contribution is -1.92. The molecule has 0 spiro atoms. The van der Waals surface area contributed by atoms with E-state index in [2.05, 4.69) is 0 Å². The Hall–Kier alpha value is -2.56. The maximum Gasteiger partial charge on any atom is 0.231 e. The predicted molar refractivity (Wildman–Crippen MR) is 63.2 cm³/mol. The van der Waals surface area contributed by atoms with Crippen molar-refractivity contribution in [3.63, 3.8) is 0 Å². The first kappa shape index (κ1) is 9.47. The number of hydrogen-bond acceptors (Lipinski definition) is 5. The first-order chi connectivity index (χ1) is 8.72. The van der Waals surface area contributed by atoms with E-state index < -0.39 is 0 Å². The van der Waals surface area contributed by atoms with E-state index in [-0.39, 0.29) is 18.3 Å². The fourth-order valence-electron chi connectivity index (χ4n) is 2.19. The standard InChI is InChI=1S/C13H8O5/c14-8-1-6-7-2-12-13(17-5-16-12)4-11(7)18-10(6)3-9(8)15/h1-4,14-15H,5H2. The summed E-state index contributed by atoms with van der Waals surface area (Å²) in [6.45, 7) is 0.200. The van der Waals surface area contributed by atoms with E-state index in [4.69, 9.17) is 13.9 Å². The normalized spacial score (nSPS) is 13.6. The molecule has 0 aliphatic carbocycles. The Morgan fingerprint density at radius 2 is 1.39 bits per heavy atom. The highest BCUT2D eigenvalue weighted by atomic mass is 16.7. The van der Waals surface area contributed by atoms with E-state index in [1.54, 1.807) is 12.1 Å². The first-order valence-electron chi connectivity index (χ1n) is 5.40. The molecule has 0 saturated heterocycles. The van der Waals surface area contributed by atoms with Crippen LogP contribution in [0, 0.1) is 0 Å². The molecule has 90 valence electrons. The van der Waals surface area contributed by atoms with Gasteiger partial charge in [0.15, 0.2) is 23.0 Å². The van der Waals surface area contributed by atoms with Gasteiger partial charge in [-0.25, -0.2) is 0 Å². The molecular weight excluding hydrogens is 236 g/mol. The van der Waals surface area contributed by atoms with Crippen LogP contribution in [0.3, 0.4) is 0 Å². The van der Waals surface area contributed by atoms with Crippen molar-refractivity contribution in [2.45, 2.75) is 0 Å². The second-order valence-electron chi connectivity index (χ2n) is 4.14. The van der Waals surface area contributed by atoms with E-state index in [1.807, 2.05) is 0 Å². The van der Waals surface area contributed by atoms with Crippen molar-refractivity contribution >= 4 is 21.9 Å². The molecule has 0 radical (unpaired) electrons. The fraction of sp³-hybridized carbons (Fsp3) is 0.0769. The van der Waals surface area contributed by atoms with Crippen LogP contribution in [-0.4, -0.2) is 17.0 Å². The van der Waals surface area contributed by atoms with Gasteiger partial charge < -0.3 is 24.1 Å². The summed E-state index contributed by atoms with van der Waals surface area (Å²) in [5, 5.41) is 20.5. The van der Waals surface area contributed by atoms with Gasteiger partial charge >= 0.3 is 0 Å². The third-order valence-corrected chi connectivity index (χ3v) is 3.06. The minimum atomic E-state index is -0.207. The Kier molecular flexibility index (Phi) is 1.58. The predicted octanol–water partition coefficient (Wildman–Crippen LogP) is 2.73. The SMILES string of the molecule is Oc1cc2oc3cc4c(cc3c2cc1O)OCO4. The molecule has 0 bridgehead atoms. The van der Waals surface area contributed by atoms with Gasteiger partial charge in [-0.15, -0.1) is 0 Å². The van der Waals surface area contributed by atoms with Gasteiger partial charge in [0.05, 0.1) is 0 Å². The summed E-state index contributed by atoms with van der Waals surface area (Å²) in [6.07, 6.45) is 0.